The molecule has 8 aromatic rings. The summed E-state index contributed by atoms with van der Waals surface area (Å²) in [6.45, 7) is 13.5. The second kappa shape index (κ2) is 31.4. The highest BCUT2D eigenvalue weighted by Crippen LogP contribution is 2.39. The number of rotatable bonds is 22. The summed E-state index contributed by atoms with van der Waals surface area (Å²) in [4.78, 5) is 86.6. The second-order valence-corrected chi connectivity index (χ2v) is 28.5. The molecular formula is C78H88N6O7S2. The molecule has 2 N–H and O–H groups in total. The zero-order valence-corrected chi connectivity index (χ0v) is 55.7. The minimum absolute atomic E-state index is 0.0182. The molecule has 0 spiro atoms. The SMILES string of the molecule is Cc1csc(C2CCCN2C(=O)c2cccc(C(=O)C[C@@H](Cc3ccccc3)[C@H](O)[C@@H]3CC(C)CN(Cc4ccccc4)C3)c2)n1.Cc1csc(C2CCCN2C(=O)c2cccc(C(=O)C[C@@H](Cc3ccccc3)[C@H](O)[C@@H]3CC(C)CN(Cc4ccccc4)C3=O)c2)n1. The van der Waals surface area contributed by atoms with E-state index in [1.807, 2.05) is 136 Å². The fourth-order valence-electron chi connectivity index (χ4n) is 14.7. The van der Waals surface area contributed by atoms with Gasteiger partial charge in [-0.3, -0.25) is 28.9 Å². The van der Waals surface area contributed by atoms with Gasteiger partial charge in [0.15, 0.2) is 11.6 Å². The van der Waals surface area contributed by atoms with E-state index >= 15 is 0 Å². The van der Waals surface area contributed by atoms with Crippen molar-refractivity contribution in [3.8, 4) is 0 Å². The summed E-state index contributed by atoms with van der Waals surface area (Å²) in [5.74, 6) is -0.965. The average Bonchev–Trinajstić information content (AvgIpc) is 1.90. The molecule has 4 fully saturated rings. The quantitative estimate of drug-likeness (QED) is 0.0624. The Kier molecular flexibility index (Phi) is 22.5. The van der Waals surface area contributed by atoms with Crippen LogP contribution in [0.15, 0.2) is 181 Å². The van der Waals surface area contributed by atoms with Gasteiger partial charge in [0.2, 0.25) is 5.91 Å². The van der Waals surface area contributed by atoms with Gasteiger partial charge in [0, 0.05) is 103 Å². The summed E-state index contributed by atoms with van der Waals surface area (Å²) in [6.07, 6.45) is 4.89. The molecule has 6 aromatic carbocycles. The topological polar surface area (TPSA) is 165 Å². The number of likely N-dealkylation sites (tertiary alicyclic amines) is 4. The third kappa shape index (κ3) is 17.1. The van der Waals surface area contributed by atoms with E-state index in [-0.39, 0.29) is 72.0 Å². The number of carbonyl (C=O) groups excluding carboxylic acids is 5. The van der Waals surface area contributed by atoms with Crippen LogP contribution < -0.4 is 0 Å². The minimum atomic E-state index is -0.996. The van der Waals surface area contributed by atoms with Crippen LogP contribution >= 0.6 is 22.7 Å². The number of thiazole rings is 2. The number of Topliss-reactive ketones (excluding diaryl/α,β-unsaturated/α-hetero) is 2. The summed E-state index contributed by atoms with van der Waals surface area (Å²) >= 11 is 3.19. The lowest BCUT2D eigenvalue weighted by molar-refractivity contribution is -0.147. The van der Waals surface area contributed by atoms with E-state index in [1.165, 1.54) is 5.56 Å². The highest BCUT2D eigenvalue weighted by atomic mass is 32.1. The third-order valence-corrected chi connectivity index (χ3v) is 21.3. The normalized spacial score (nSPS) is 21.4. The fourth-order valence-corrected chi connectivity index (χ4v) is 16.6. The van der Waals surface area contributed by atoms with E-state index in [0.717, 1.165) is 89.8 Å². The highest BCUT2D eigenvalue weighted by Gasteiger charge is 2.42. The van der Waals surface area contributed by atoms with Crippen LogP contribution in [-0.2, 0) is 30.7 Å². The van der Waals surface area contributed by atoms with Crippen molar-refractivity contribution in [1.82, 2.24) is 29.6 Å². The Bertz CT molecular complexity index is 3790. The second-order valence-electron chi connectivity index (χ2n) is 26.7. The van der Waals surface area contributed by atoms with Gasteiger partial charge in [-0.25, -0.2) is 9.97 Å². The maximum atomic E-state index is 13.9. The highest BCUT2D eigenvalue weighted by molar-refractivity contribution is 7.10. The summed E-state index contributed by atoms with van der Waals surface area (Å²) in [5.41, 5.74) is 8.36. The summed E-state index contributed by atoms with van der Waals surface area (Å²) in [5, 5.41) is 29.9. The Morgan fingerprint density at radius 2 is 0.946 bits per heavy atom. The van der Waals surface area contributed by atoms with Crippen molar-refractivity contribution >= 4 is 52.0 Å². The van der Waals surface area contributed by atoms with E-state index in [4.69, 9.17) is 0 Å². The first kappa shape index (κ1) is 66.7. The first-order chi connectivity index (χ1) is 45.1. The number of aliphatic hydroxyl groups is 2. The largest absolute Gasteiger partial charge is 0.392 e. The molecule has 3 amide bonds. The van der Waals surface area contributed by atoms with E-state index in [9.17, 15) is 34.2 Å². The molecule has 2 aromatic heterocycles. The number of aliphatic hydroxyl groups excluding tert-OH is 2. The number of amides is 3. The van der Waals surface area contributed by atoms with E-state index in [1.54, 1.807) is 59.1 Å². The molecule has 93 heavy (non-hydrogen) atoms. The number of piperidine rings is 2. The zero-order chi connectivity index (χ0) is 65.0. The molecule has 15 heteroatoms. The van der Waals surface area contributed by atoms with Crippen LogP contribution in [0.4, 0.5) is 0 Å². The number of hydrogen-bond acceptors (Lipinski definition) is 12. The van der Waals surface area contributed by atoms with Crippen LogP contribution in [-0.4, -0.2) is 114 Å². The smallest absolute Gasteiger partial charge is 0.254 e. The molecule has 6 heterocycles. The van der Waals surface area contributed by atoms with Crippen molar-refractivity contribution < 1.29 is 34.2 Å². The van der Waals surface area contributed by atoms with Gasteiger partial charge in [0.25, 0.3) is 11.8 Å². The minimum Gasteiger partial charge on any atom is -0.392 e. The average molecular weight is 1290 g/mol. The lowest BCUT2D eigenvalue weighted by Gasteiger charge is -2.40. The number of carbonyl (C=O) groups is 5. The zero-order valence-electron chi connectivity index (χ0n) is 54.1. The maximum absolute atomic E-state index is 13.9. The molecule has 0 bridgehead atoms. The van der Waals surface area contributed by atoms with Crippen molar-refractivity contribution in [2.45, 2.75) is 129 Å². The van der Waals surface area contributed by atoms with E-state index in [2.05, 4.69) is 65.1 Å². The summed E-state index contributed by atoms with van der Waals surface area (Å²) in [7, 11) is 0. The lowest BCUT2D eigenvalue weighted by atomic mass is 9.77. The Morgan fingerprint density at radius 1 is 0.516 bits per heavy atom. The van der Waals surface area contributed by atoms with Gasteiger partial charge >= 0.3 is 0 Å². The van der Waals surface area contributed by atoms with Crippen LogP contribution in [0, 0.1) is 49.4 Å². The molecule has 4 aliphatic rings. The van der Waals surface area contributed by atoms with Crippen LogP contribution in [0.25, 0.3) is 0 Å². The van der Waals surface area contributed by atoms with Gasteiger partial charge in [-0.1, -0.05) is 159 Å². The molecule has 484 valence electrons. The van der Waals surface area contributed by atoms with Crippen molar-refractivity contribution in [1.29, 1.82) is 0 Å². The van der Waals surface area contributed by atoms with Crippen molar-refractivity contribution in [3.05, 3.63) is 247 Å². The van der Waals surface area contributed by atoms with Crippen molar-refractivity contribution in [2.24, 2.45) is 35.5 Å². The summed E-state index contributed by atoms with van der Waals surface area (Å²) < 4.78 is 0. The first-order valence-electron chi connectivity index (χ1n) is 33.4. The number of hydrogen-bond donors (Lipinski definition) is 2. The Balaban J connectivity index is 0.000000190. The predicted octanol–water partition coefficient (Wildman–Crippen LogP) is 14.3. The fraction of sp³-hybridized carbons (Fsp3) is 0.397. The van der Waals surface area contributed by atoms with Gasteiger partial charge in [-0.2, -0.15) is 0 Å². The molecule has 4 unspecified atom stereocenters. The molecule has 0 radical (unpaired) electrons. The molecule has 4 saturated heterocycles. The first-order valence-corrected chi connectivity index (χ1v) is 35.1. The molecule has 13 nitrogen and oxygen atoms in total. The van der Waals surface area contributed by atoms with Crippen molar-refractivity contribution in [3.63, 3.8) is 0 Å². The maximum Gasteiger partial charge on any atom is 0.254 e. The lowest BCUT2D eigenvalue weighted by Crippen LogP contribution is -2.50. The number of aromatic nitrogens is 2. The molecule has 4 aliphatic heterocycles. The molecule has 12 rings (SSSR count). The predicted molar refractivity (Wildman–Crippen MR) is 368 cm³/mol. The third-order valence-electron chi connectivity index (χ3n) is 19.2. The number of aryl methyl sites for hydroxylation is 2. The number of nitrogens with zero attached hydrogens (tertiary/aromatic N) is 6. The molecule has 10 atom stereocenters. The van der Waals surface area contributed by atoms with Crippen LogP contribution in [0.3, 0.4) is 0 Å². The van der Waals surface area contributed by atoms with E-state index in [0.29, 0.717) is 73.6 Å². The van der Waals surface area contributed by atoms with Gasteiger partial charge < -0.3 is 24.9 Å². The Labute approximate surface area is 556 Å². The Morgan fingerprint density at radius 3 is 1.41 bits per heavy atom. The molecular weight excluding hydrogens is 1200 g/mol. The van der Waals surface area contributed by atoms with Gasteiger partial charge in [0.05, 0.1) is 30.2 Å². The van der Waals surface area contributed by atoms with Crippen molar-refractivity contribution in [2.75, 3.05) is 32.7 Å². The number of benzene rings is 6. The van der Waals surface area contributed by atoms with Crippen LogP contribution in [0.2, 0.25) is 0 Å². The Hall–Kier alpha value is -7.79. The standard InChI is InChI=1S/C39H43N3O4S.C39H45N3O3S/c1-26-19-33(39(46)41(23-26)24-29-13-7-4-8-14-29)36(44)32(20-28-11-5-3-6-12-28)22-35(43)30-15-9-16-31(21-30)38(45)42-18-10-17-34(42)37-40-27(2)25-47-37;1-27-19-34(25-41(23-27)24-30-13-7-4-8-14-30)37(44)33(20-29-11-5-3-6-12-29)22-36(43)31-15-9-16-32(21-31)39(45)42-18-10-17-35(42)38-40-28(2)26-46-38/h3-9,11-16,21,25-26,32-34,36,44H,10,17-20,22-24H2,1-2H3;3-9,11-16,21,26-27,33-35,37,44H,10,17-20,22-25H2,1-2H3/t26?,32-,33+,34?,36+;27?,33-,34-,35?,37+/m11/s1. The monoisotopic (exact) mass is 1280 g/mol. The van der Waals surface area contributed by atoms with Gasteiger partial charge in [-0.05, 0) is 141 Å². The van der Waals surface area contributed by atoms with Gasteiger partial charge in [0.1, 0.15) is 10.0 Å². The van der Waals surface area contributed by atoms with E-state index < -0.39 is 24.0 Å². The van der Waals surface area contributed by atoms with Crippen LogP contribution in [0.5, 0.6) is 0 Å². The van der Waals surface area contributed by atoms with Gasteiger partial charge in [-0.15, -0.1) is 22.7 Å². The molecule has 0 saturated carbocycles. The number of ketones is 2. The van der Waals surface area contributed by atoms with Crippen LogP contribution in [0.1, 0.15) is 162 Å². The summed E-state index contributed by atoms with van der Waals surface area (Å²) in [6, 6.07) is 54.5. The molecule has 0 aliphatic carbocycles.